The Labute approximate surface area is 188 Å². The molecule has 0 spiro atoms. The molecule has 4 rings (SSSR count). The minimum Gasteiger partial charge on any atom is -0.318 e. The molecule has 0 aliphatic carbocycles. The van der Waals surface area contributed by atoms with E-state index in [0.29, 0.717) is 15.7 Å². The van der Waals surface area contributed by atoms with Gasteiger partial charge in [-0.05, 0) is 54.0 Å². The number of thioether (sulfide) groups is 1. The lowest BCUT2D eigenvalue weighted by Gasteiger charge is -2.22. The molecular formula is C21H21N7O3S. The summed E-state index contributed by atoms with van der Waals surface area (Å²) in [6, 6.07) is 14.1. The third-order valence-corrected chi connectivity index (χ3v) is 6.06. The van der Waals surface area contributed by atoms with Crippen LogP contribution >= 0.6 is 11.8 Å². The average molecular weight is 452 g/mol. The Bertz CT molecular complexity index is 1200. The summed E-state index contributed by atoms with van der Waals surface area (Å²) >= 11 is 1.10. The van der Waals surface area contributed by atoms with Crippen molar-refractivity contribution in [1.82, 2.24) is 36.0 Å². The second-order valence-electron chi connectivity index (χ2n) is 7.55. The predicted molar refractivity (Wildman–Crippen MR) is 117 cm³/mol. The van der Waals surface area contributed by atoms with Crippen LogP contribution in [0.3, 0.4) is 0 Å². The van der Waals surface area contributed by atoms with Gasteiger partial charge >= 0.3 is 6.03 Å². The van der Waals surface area contributed by atoms with Crippen molar-refractivity contribution in [2.75, 3.05) is 5.75 Å². The predicted octanol–water partition coefficient (Wildman–Crippen LogP) is 1.87. The molecule has 2 aromatic carbocycles. The first-order valence-electron chi connectivity index (χ1n) is 9.80. The first-order valence-corrected chi connectivity index (χ1v) is 10.8. The summed E-state index contributed by atoms with van der Waals surface area (Å²) in [6.45, 7) is 5.51. The Balaban J connectivity index is 1.44. The standard InChI is InChI=1S/C21H21N7O3S/c1-13-9-10-14(2)16(11-13)27-20(23-25-26-27)32-12-17(29)24-28-18(30)21(3,22-19(28)31)15-7-5-4-6-8-15/h4-11H,12H2,1-3H3,(H,22,31)(H,24,29)/t21-/m0/s1. The number of rotatable bonds is 6. The fourth-order valence-corrected chi connectivity index (χ4v) is 4.04. The van der Waals surface area contributed by atoms with E-state index in [0.717, 1.165) is 28.6 Å². The fraction of sp³-hybridized carbons (Fsp3) is 0.238. The Morgan fingerprint density at radius 3 is 2.66 bits per heavy atom. The van der Waals surface area contributed by atoms with E-state index in [2.05, 4.69) is 26.3 Å². The van der Waals surface area contributed by atoms with Crippen LogP contribution in [-0.4, -0.2) is 48.8 Å². The zero-order valence-electron chi connectivity index (χ0n) is 17.7. The summed E-state index contributed by atoms with van der Waals surface area (Å²) in [5.74, 6) is -1.19. The first-order chi connectivity index (χ1) is 15.3. The molecule has 10 nitrogen and oxygen atoms in total. The van der Waals surface area contributed by atoms with Crippen LogP contribution < -0.4 is 10.7 Å². The maximum Gasteiger partial charge on any atom is 0.344 e. The van der Waals surface area contributed by atoms with Gasteiger partial charge in [-0.3, -0.25) is 15.0 Å². The van der Waals surface area contributed by atoms with Crippen molar-refractivity contribution in [3.63, 3.8) is 0 Å². The number of carbonyl (C=O) groups excluding carboxylic acids is 3. The van der Waals surface area contributed by atoms with E-state index >= 15 is 0 Å². The molecule has 1 atom stereocenters. The molecule has 1 saturated heterocycles. The number of aromatic nitrogens is 4. The Kier molecular flexibility index (Phi) is 5.66. The number of nitrogens with one attached hydrogen (secondary N) is 2. The van der Waals surface area contributed by atoms with Crippen LogP contribution in [0.15, 0.2) is 53.7 Å². The van der Waals surface area contributed by atoms with Gasteiger partial charge in [0.2, 0.25) is 11.1 Å². The number of nitrogens with zero attached hydrogens (tertiary/aromatic N) is 5. The smallest absolute Gasteiger partial charge is 0.318 e. The minimum atomic E-state index is -1.26. The molecule has 0 radical (unpaired) electrons. The van der Waals surface area contributed by atoms with Crippen molar-refractivity contribution >= 4 is 29.6 Å². The number of benzene rings is 2. The average Bonchev–Trinajstić information content (AvgIpc) is 3.33. The minimum absolute atomic E-state index is 0.0929. The maximum absolute atomic E-state index is 12.9. The van der Waals surface area contributed by atoms with E-state index in [1.807, 2.05) is 38.1 Å². The molecule has 1 aromatic heterocycles. The van der Waals surface area contributed by atoms with Crippen LogP contribution in [0.2, 0.25) is 0 Å². The van der Waals surface area contributed by atoms with Crippen molar-refractivity contribution in [3.05, 3.63) is 65.2 Å². The van der Waals surface area contributed by atoms with Crippen molar-refractivity contribution in [3.8, 4) is 5.69 Å². The molecule has 11 heteroatoms. The molecule has 0 saturated carbocycles. The van der Waals surface area contributed by atoms with Gasteiger partial charge in [0.1, 0.15) is 5.54 Å². The number of hydrazine groups is 1. The van der Waals surface area contributed by atoms with E-state index in [4.69, 9.17) is 0 Å². The molecular weight excluding hydrogens is 430 g/mol. The molecule has 1 aliphatic rings. The maximum atomic E-state index is 12.9. The lowest BCUT2D eigenvalue weighted by atomic mass is 9.92. The van der Waals surface area contributed by atoms with Gasteiger partial charge in [-0.15, -0.1) is 5.10 Å². The molecule has 32 heavy (non-hydrogen) atoms. The van der Waals surface area contributed by atoms with Crippen LogP contribution in [0, 0.1) is 13.8 Å². The number of amides is 4. The monoisotopic (exact) mass is 451 g/mol. The summed E-state index contributed by atoms with van der Waals surface area (Å²) < 4.78 is 1.56. The molecule has 1 fully saturated rings. The van der Waals surface area contributed by atoms with Crippen molar-refractivity contribution < 1.29 is 14.4 Å². The van der Waals surface area contributed by atoms with Gasteiger partial charge in [-0.1, -0.05) is 54.2 Å². The molecule has 2 heterocycles. The number of hydrogen-bond donors (Lipinski definition) is 2. The lowest BCUT2D eigenvalue weighted by Crippen LogP contribution is -2.48. The largest absolute Gasteiger partial charge is 0.344 e. The van der Waals surface area contributed by atoms with Crippen molar-refractivity contribution in [2.45, 2.75) is 31.5 Å². The molecule has 4 amide bonds. The quantitative estimate of drug-likeness (QED) is 0.433. The first kappa shape index (κ1) is 21.5. The van der Waals surface area contributed by atoms with E-state index in [1.165, 1.54) is 0 Å². The molecule has 1 aliphatic heterocycles. The number of urea groups is 1. The highest BCUT2D eigenvalue weighted by molar-refractivity contribution is 7.99. The van der Waals surface area contributed by atoms with E-state index in [9.17, 15) is 14.4 Å². The number of tetrazole rings is 1. The number of aryl methyl sites for hydroxylation is 2. The zero-order valence-corrected chi connectivity index (χ0v) is 18.5. The van der Waals surface area contributed by atoms with E-state index in [1.54, 1.807) is 35.9 Å². The normalized spacial score (nSPS) is 18.0. The van der Waals surface area contributed by atoms with Crippen LogP contribution in [0.4, 0.5) is 4.79 Å². The van der Waals surface area contributed by atoms with Gasteiger partial charge in [0.15, 0.2) is 0 Å². The van der Waals surface area contributed by atoms with Crippen molar-refractivity contribution in [1.29, 1.82) is 0 Å². The fourth-order valence-electron chi connectivity index (χ4n) is 3.36. The summed E-state index contributed by atoms with van der Waals surface area (Å²) in [7, 11) is 0. The highest BCUT2D eigenvalue weighted by Crippen LogP contribution is 2.28. The van der Waals surface area contributed by atoms with Gasteiger partial charge in [0.05, 0.1) is 11.4 Å². The summed E-state index contributed by atoms with van der Waals surface area (Å²) in [6.07, 6.45) is 0. The van der Waals surface area contributed by atoms with Crippen LogP contribution in [-0.2, 0) is 15.1 Å². The van der Waals surface area contributed by atoms with Crippen LogP contribution in [0.1, 0.15) is 23.6 Å². The highest BCUT2D eigenvalue weighted by atomic mass is 32.2. The summed E-state index contributed by atoms with van der Waals surface area (Å²) in [5, 5.41) is 15.5. The Morgan fingerprint density at radius 2 is 1.91 bits per heavy atom. The topological polar surface area (TPSA) is 122 Å². The summed E-state index contributed by atoms with van der Waals surface area (Å²) in [4.78, 5) is 37.8. The van der Waals surface area contributed by atoms with E-state index in [-0.39, 0.29) is 5.75 Å². The van der Waals surface area contributed by atoms with Crippen LogP contribution in [0.5, 0.6) is 0 Å². The molecule has 0 bridgehead atoms. The van der Waals surface area contributed by atoms with Gasteiger partial charge < -0.3 is 5.32 Å². The Morgan fingerprint density at radius 1 is 1.16 bits per heavy atom. The Hall–Kier alpha value is -3.73. The van der Waals surface area contributed by atoms with Gasteiger partial charge in [0.25, 0.3) is 5.91 Å². The van der Waals surface area contributed by atoms with E-state index < -0.39 is 23.4 Å². The zero-order chi connectivity index (χ0) is 22.9. The number of carbonyl (C=O) groups is 3. The summed E-state index contributed by atoms with van der Waals surface area (Å²) in [5.41, 5.74) is 4.59. The third-order valence-electron chi connectivity index (χ3n) is 5.14. The lowest BCUT2D eigenvalue weighted by molar-refractivity contribution is -0.138. The molecule has 3 aromatic rings. The number of hydrogen-bond acceptors (Lipinski definition) is 7. The second-order valence-corrected chi connectivity index (χ2v) is 8.49. The van der Waals surface area contributed by atoms with Gasteiger partial charge in [-0.25, -0.2) is 4.79 Å². The van der Waals surface area contributed by atoms with Crippen molar-refractivity contribution in [2.24, 2.45) is 0 Å². The van der Waals surface area contributed by atoms with Crippen LogP contribution in [0.25, 0.3) is 5.69 Å². The molecule has 164 valence electrons. The van der Waals surface area contributed by atoms with Gasteiger partial charge in [-0.2, -0.15) is 9.69 Å². The number of imide groups is 1. The molecule has 0 unspecified atom stereocenters. The highest BCUT2D eigenvalue weighted by Gasteiger charge is 2.49. The third kappa shape index (κ3) is 3.94. The molecule has 2 N–H and O–H groups in total. The SMILES string of the molecule is Cc1ccc(C)c(-n2nnnc2SCC(=O)NN2C(=O)N[C@@](C)(c3ccccc3)C2=O)c1. The second kappa shape index (κ2) is 8.42. The van der Waals surface area contributed by atoms with Gasteiger partial charge in [0, 0.05) is 0 Å².